The fourth-order valence-corrected chi connectivity index (χ4v) is 3.43. The summed E-state index contributed by atoms with van der Waals surface area (Å²) in [5.74, 6) is -4.13. The second-order valence-corrected chi connectivity index (χ2v) is 7.63. The van der Waals surface area contributed by atoms with Crippen LogP contribution in [0.1, 0.15) is 17.8 Å². The minimum atomic E-state index is -4.15. The molecule has 1 aromatic rings. The van der Waals surface area contributed by atoms with Crippen LogP contribution in [-0.4, -0.2) is 58.1 Å². The third kappa shape index (κ3) is 6.02. The van der Waals surface area contributed by atoms with Crippen molar-refractivity contribution in [1.82, 2.24) is 0 Å². The van der Waals surface area contributed by atoms with E-state index in [-0.39, 0.29) is 23.5 Å². The zero-order chi connectivity index (χ0) is 19.2. The van der Waals surface area contributed by atoms with E-state index in [0.29, 0.717) is 0 Å². The molecule has 0 saturated heterocycles. The Bertz CT molecular complexity index is 678. The maximum Gasteiger partial charge on any atom is 0.341 e. The van der Waals surface area contributed by atoms with Crippen LogP contribution in [0, 0.1) is 0 Å². The highest BCUT2D eigenvalue weighted by Crippen LogP contribution is 2.55. The summed E-state index contributed by atoms with van der Waals surface area (Å²) >= 11 is 0. The predicted octanol–water partition coefficient (Wildman–Crippen LogP) is 0.222. The van der Waals surface area contributed by atoms with Crippen LogP contribution < -0.4 is 15.2 Å². The van der Waals surface area contributed by atoms with E-state index >= 15 is 0 Å². The van der Waals surface area contributed by atoms with Crippen LogP contribution in [0.4, 0.5) is 0 Å². The van der Waals surface area contributed by atoms with Crippen LogP contribution >= 0.6 is 7.37 Å². The molecule has 10 nitrogen and oxygen atoms in total. The van der Waals surface area contributed by atoms with Crippen molar-refractivity contribution in [3.63, 3.8) is 0 Å². The van der Waals surface area contributed by atoms with Gasteiger partial charge in [0.2, 0.25) is 7.37 Å². The van der Waals surface area contributed by atoms with E-state index in [1.54, 1.807) is 0 Å². The topological polar surface area (TPSA) is 177 Å². The monoisotopic (exact) mass is 377 g/mol. The zero-order valence-corrected chi connectivity index (χ0v) is 14.3. The Morgan fingerprint density at radius 3 is 2.44 bits per heavy atom. The molecule has 6 N–H and O–H groups in total. The summed E-state index contributed by atoms with van der Waals surface area (Å²) in [6.45, 7) is -0.607. The fourth-order valence-electron chi connectivity index (χ4n) is 1.91. The Hall–Kier alpha value is -2.13. The molecule has 0 saturated carbocycles. The van der Waals surface area contributed by atoms with Crippen LogP contribution in [0.25, 0.3) is 0 Å². The summed E-state index contributed by atoms with van der Waals surface area (Å²) in [7, 11) is -2.87. The largest absolute Gasteiger partial charge is 0.493 e. The van der Waals surface area contributed by atoms with Gasteiger partial charge in [0, 0.05) is 6.16 Å². The second-order valence-electron chi connectivity index (χ2n) is 5.18. The summed E-state index contributed by atoms with van der Waals surface area (Å²) in [4.78, 5) is 31.2. The maximum absolute atomic E-state index is 12.2. The van der Waals surface area contributed by atoms with Crippen molar-refractivity contribution in [2.24, 2.45) is 5.73 Å². The molecule has 0 aliphatic carbocycles. The molecular formula is C14H20NO9P. The Balaban J connectivity index is 2.92. The molecular weight excluding hydrogens is 357 g/mol. The van der Waals surface area contributed by atoms with Crippen LogP contribution in [0.3, 0.4) is 0 Å². The lowest BCUT2D eigenvalue weighted by atomic mass is 10.2. The molecule has 11 heteroatoms. The lowest BCUT2D eigenvalue weighted by Gasteiger charge is -2.20. The molecule has 140 valence electrons. The first-order valence-corrected chi connectivity index (χ1v) is 9.00. The lowest BCUT2D eigenvalue weighted by molar-refractivity contribution is -0.139. The first kappa shape index (κ1) is 20.9. The number of aliphatic carboxylic acids is 2. The summed E-state index contributed by atoms with van der Waals surface area (Å²) in [5.41, 5.74) is 5.32. The van der Waals surface area contributed by atoms with E-state index in [0.717, 1.165) is 0 Å². The molecule has 1 rings (SSSR count). The number of carboxylic acids is 2. The molecule has 3 atom stereocenters. The summed E-state index contributed by atoms with van der Waals surface area (Å²) in [6, 6.07) is 2.50. The third-order valence-electron chi connectivity index (χ3n) is 3.30. The number of carboxylic acid groups (broad SMARTS) is 2. The van der Waals surface area contributed by atoms with Crippen molar-refractivity contribution in [2.75, 3.05) is 19.9 Å². The number of aliphatic hydroxyl groups is 1. The molecule has 0 aromatic heterocycles. The Labute approximate surface area is 143 Å². The molecule has 0 spiro atoms. The van der Waals surface area contributed by atoms with E-state index in [4.69, 9.17) is 25.4 Å². The highest BCUT2D eigenvalue weighted by molar-refractivity contribution is 7.58. The third-order valence-corrected chi connectivity index (χ3v) is 5.26. The number of ether oxygens (including phenoxy) is 2. The molecule has 0 bridgehead atoms. The molecule has 0 radical (unpaired) electrons. The molecule has 2 unspecified atom stereocenters. The van der Waals surface area contributed by atoms with Gasteiger partial charge in [0.25, 0.3) is 0 Å². The molecule has 25 heavy (non-hydrogen) atoms. The van der Waals surface area contributed by atoms with Crippen molar-refractivity contribution >= 4 is 19.3 Å². The van der Waals surface area contributed by atoms with Crippen molar-refractivity contribution in [2.45, 2.75) is 18.3 Å². The number of benzene rings is 1. The van der Waals surface area contributed by atoms with Gasteiger partial charge in [0.05, 0.1) is 7.11 Å². The van der Waals surface area contributed by atoms with Gasteiger partial charge in [-0.1, -0.05) is 6.07 Å². The van der Waals surface area contributed by atoms with Gasteiger partial charge in [-0.05, 0) is 24.1 Å². The van der Waals surface area contributed by atoms with Crippen molar-refractivity contribution in [3.05, 3.63) is 23.8 Å². The van der Waals surface area contributed by atoms with Gasteiger partial charge in [-0.25, -0.2) is 4.79 Å². The van der Waals surface area contributed by atoms with E-state index in [1.807, 2.05) is 0 Å². The fraction of sp³-hybridized carbons (Fsp3) is 0.429. The molecule has 0 amide bonds. The van der Waals surface area contributed by atoms with Gasteiger partial charge in [0.15, 0.2) is 24.0 Å². The Morgan fingerprint density at radius 2 is 1.92 bits per heavy atom. The molecule has 0 aliphatic rings. The molecule has 0 aliphatic heterocycles. The minimum Gasteiger partial charge on any atom is -0.493 e. The summed E-state index contributed by atoms with van der Waals surface area (Å²) in [6.07, 6.45) is -0.766. The standard InChI is InChI=1S/C14H20NO9P/c1-23-11-6-8(2-3-10(11)24-7-12(16)17)14(20)25(21,22)5-4-9(15)13(18)19/h2-3,6,9,14,20H,4-5,7,15H2,1H3,(H,16,17)(H,18,19)(H,21,22)/t9-,14?/m0/s1. The number of nitrogens with two attached hydrogens (primary N) is 1. The highest BCUT2D eigenvalue weighted by Gasteiger charge is 2.32. The number of hydrogen-bond acceptors (Lipinski definition) is 7. The average molecular weight is 377 g/mol. The van der Waals surface area contributed by atoms with Gasteiger partial charge in [-0.2, -0.15) is 0 Å². The van der Waals surface area contributed by atoms with Crippen molar-refractivity contribution < 1.29 is 43.8 Å². The SMILES string of the molecule is COc1cc(C(O)P(=O)(O)CC[C@H](N)C(=O)O)ccc1OCC(=O)O. The average Bonchev–Trinajstić information content (AvgIpc) is 2.56. The quantitative estimate of drug-likeness (QED) is 0.354. The van der Waals surface area contributed by atoms with Gasteiger partial charge in [0.1, 0.15) is 6.04 Å². The number of aliphatic hydroxyl groups excluding tert-OH is 1. The van der Waals surface area contributed by atoms with Gasteiger partial charge in [-0.15, -0.1) is 0 Å². The van der Waals surface area contributed by atoms with Crippen LogP contribution in [-0.2, 0) is 14.2 Å². The predicted molar refractivity (Wildman–Crippen MR) is 86.0 cm³/mol. The smallest absolute Gasteiger partial charge is 0.341 e. The van der Waals surface area contributed by atoms with Crippen LogP contribution in [0.5, 0.6) is 11.5 Å². The Kier molecular flexibility index (Phi) is 7.38. The van der Waals surface area contributed by atoms with E-state index in [9.17, 15) is 24.2 Å². The van der Waals surface area contributed by atoms with Crippen LogP contribution in [0.15, 0.2) is 18.2 Å². The van der Waals surface area contributed by atoms with Crippen molar-refractivity contribution in [3.8, 4) is 11.5 Å². The number of rotatable bonds is 10. The van der Waals surface area contributed by atoms with Crippen molar-refractivity contribution in [1.29, 1.82) is 0 Å². The first-order chi connectivity index (χ1) is 11.6. The zero-order valence-electron chi connectivity index (χ0n) is 13.4. The number of methoxy groups -OCH3 is 1. The van der Waals surface area contributed by atoms with Gasteiger partial charge >= 0.3 is 11.9 Å². The second kappa shape index (κ2) is 8.82. The van der Waals surface area contributed by atoms with E-state index in [2.05, 4.69) is 0 Å². The Morgan fingerprint density at radius 1 is 1.28 bits per heavy atom. The normalized spacial score (nSPS) is 15.7. The molecule has 0 heterocycles. The summed E-state index contributed by atoms with van der Waals surface area (Å²) < 4.78 is 22.3. The lowest BCUT2D eigenvalue weighted by Crippen LogP contribution is -2.31. The number of carbonyl (C=O) groups is 2. The number of hydrogen-bond donors (Lipinski definition) is 5. The van der Waals surface area contributed by atoms with E-state index < -0.39 is 44.0 Å². The van der Waals surface area contributed by atoms with E-state index in [1.165, 1.54) is 25.3 Å². The highest BCUT2D eigenvalue weighted by atomic mass is 31.2. The van der Waals surface area contributed by atoms with Gasteiger partial charge in [-0.3, -0.25) is 9.36 Å². The van der Waals surface area contributed by atoms with Crippen LogP contribution in [0.2, 0.25) is 0 Å². The minimum absolute atomic E-state index is 0.0363. The first-order valence-electron chi connectivity index (χ1n) is 7.09. The molecule has 1 aromatic carbocycles. The maximum atomic E-state index is 12.2. The molecule has 0 fully saturated rings. The van der Waals surface area contributed by atoms with Gasteiger partial charge < -0.3 is 35.4 Å². The summed E-state index contributed by atoms with van der Waals surface area (Å²) in [5, 5.41) is 27.4.